The third-order valence-corrected chi connectivity index (χ3v) is 7.68. The normalized spacial score (nSPS) is 12.6. The van der Waals surface area contributed by atoms with Crippen LogP contribution < -0.4 is 4.90 Å². The van der Waals surface area contributed by atoms with E-state index in [-0.39, 0.29) is 5.54 Å². The molecular weight excluding hydrogens is 474 g/mol. The highest BCUT2D eigenvalue weighted by Gasteiger charge is 2.34. The summed E-state index contributed by atoms with van der Waals surface area (Å²) in [6.45, 7) is 8.94. The van der Waals surface area contributed by atoms with Gasteiger partial charge in [-0.25, -0.2) is 4.98 Å². The molecule has 0 saturated carbocycles. The number of hydrogen-bond acceptors (Lipinski definition) is 2. The van der Waals surface area contributed by atoms with Gasteiger partial charge in [-0.1, -0.05) is 72.8 Å². The highest BCUT2D eigenvalue weighted by Crippen LogP contribution is 2.48. The molecule has 0 saturated heterocycles. The molecule has 0 amide bonds. The van der Waals surface area contributed by atoms with Crippen LogP contribution in [-0.4, -0.2) is 15.1 Å². The van der Waals surface area contributed by atoms with Crippen LogP contribution in [-0.2, 0) is 0 Å². The van der Waals surface area contributed by atoms with Crippen molar-refractivity contribution in [3.63, 3.8) is 0 Å². The average Bonchev–Trinajstić information content (AvgIpc) is 3.31. The van der Waals surface area contributed by atoms with Crippen LogP contribution in [0.1, 0.15) is 26.6 Å². The van der Waals surface area contributed by atoms with Crippen molar-refractivity contribution in [1.29, 1.82) is 0 Å². The molecule has 0 bridgehead atoms. The second kappa shape index (κ2) is 8.71. The quantitative estimate of drug-likeness (QED) is 0.239. The van der Waals surface area contributed by atoms with Crippen LogP contribution in [0, 0.1) is 6.92 Å². The number of imidazole rings is 1. The molecule has 1 aliphatic rings. The first kappa shape index (κ1) is 23.5. The third-order valence-electron chi connectivity index (χ3n) is 7.68. The van der Waals surface area contributed by atoms with Crippen molar-refractivity contribution in [2.45, 2.75) is 33.2 Å². The Labute approximate surface area is 230 Å². The van der Waals surface area contributed by atoms with E-state index in [1.807, 2.05) is 0 Å². The molecule has 1 aromatic heterocycles. The standard InChI is InChI=1S/C36H31N3/c1-24-37-34-30(19-20-33-35(34)38(24)31-17-11-12-18-32(31)39(33)36(2,3)4)29-22-27(25-13-7-5-8-14-25)21-28(23-29)26-15-9-6-10-16-26/h5-23H,1-4H3. The molecule has 0 radical (unpaired) electrons. The third kappa shape index (κ3) is 3.77. The van der Waals surface area contributed by atoms with Gasteiger partial charge >= 0.3 is 0 Å². The summed E-state index contributed by atoms with van der Waals surface area (Å²) in [6, 6.07) is 41.4. The van der Waals surface area contributed by atoms with E-state index in [1.54, 1.807) is 0 Å². The van der Waals surface area contributed by atoms with Gasteiger partial charge in [0.25, 0.3) is 0 Å². The molecule has 0 atom stereocenters. The molecule has 190 valence electrons. The fraction of sp³-hybridized carbons (Fsp3) is 0.139. The molecule has 1 aliphatic heterocycles. The molecule has 0 spiro atoms. The van der Waals surface area contributed by atoms with Crippen molar-refractivity contribution in [3.8, 4) is 39.1 Å². The van der Waals surface area contributed by atoms with Crippen molar-refractivity contribution in [2.24, 2.45) is 0 Å². The van der Waals surface area contributed by atoms with Crippen LogP contribution in [0.25, 0.3) is 50.1 Å². The Morgan fingerprint density at radius 1 is 0.538 bits per heavy atom. The average molecular weight is 506 g/mol. The van der Waals surface area contributed by atoms with Gasteiger partial charge in [0.05, 0.1) is 28.1 Å². The molecular formula is C36H31N3. The van der Waals surface area contributed by atoms with Crippen molar-refractivity contribution >= 4 is 22.4 Å². The van der Waals surface area contributed by atoms with Gasteiger partial charge in [0.1, 0.15) is 5.82 Å². The summed E-state index contributed by atoms with van der Waals surface area (Å²) in [5.41, 5.74) is 12.9. The number of benzene rings is 5. The van der Waals surface area contributed by atoms with Gasteiger partial charge < -0.3 is 4.90 Å². The minimum Gasteiger partial charge on any atom is -0.333 e. The topological polar surface area (TPSA) is 21.1 Å². The van der Waals surface area contributed by atoms with E-state index in [0.29, 0.717) is 0 Å². The van der Waals surface area contributed by atoms with E-state index in [9.17, 15) is 0 Å². The summed E-state index contributed by atoms with van der Waals surface area (Å²) in [5.74, 6) is 1.00. The molecule has 0 unspecified atom stereocenters. The molecule has 3 nitrogen and oxygen atoms in total. The number of aryl methyl sites for hydroxylation is 1. The fourth-order valence-electron chi connectivity index (χ4n) is 6.06. The number of fused-ring (bicyclic) bond motifs is 2. The largest absolute Gasteiger partial charge is 0.333 e. The summed E-state index contributed by atoms with van der Waals surface area (Å²) in [4.78, 5) is 7.68. The van der Waals surface area contributed by atoms with Crippen LogP contribution in [0.15, 0.2) is 115 Å². The maximum Gasteiger partial charge on any atom is 0.111 e. The van der Waals surface area contributed by atoms with Crippen LogP contribution in [0.2, 0.25) is 0 Å². The Kier molecular flexibility index (Phi) is 5.24. The van der Waals surface area contributed by atoms with Crippen molar-refractivity contribution in [2.75, 3.05) is 4.90 Å². The molecule has 6 aromatic rings. The van der Waals surface area contributed by atoms with Gasteiger partial charge in [0, 0.05) is 11.1 Å². The fourth-order valence-corrected chi connectivity index (χ4v) is 6.06. The lowest BCUT2D eigenvalue weighted by atomic mass is 9.92. The van der Waals surface area contributed by atoms with Crippen LogP contribution >= 0.6 is 0 Å². The number of hydrogen-bond donors (Lipinski definition) is 0. The van der Waals surface area contributed by atoms with E-state index < -0.39 is 0 Å². The van der Waals surface area contributed by atoms with Crippen LogP contribution in [0.5, 0.6) is 0 Å². The van der Waals surface area contributed by atoms with Gasteiger partial charge in [-0.3, -0.25) is 4.57 Å². The van der Waals surface area contributed by atoms with Gasteiger partial charge in [0.15, 0.2) is 0 Å². The summed E-state index contributed by atoms with van der Waals surface area (Å²) in [7, 11) is 0. The highest BCUT2D eigenvalue weighted by molar-refractivity contribution is 6.05. The summed E-state index contributed by atoms with van der Waals surface area (Å²) in [6.07, 6.45) is 0. The Morgan fingerprint density at radius 2 is 1.08 bits per heavy atom. The molecule has 0 aliphatic carbocycles. The van der Waals surface area contributed by atoms with Gasteiger partial charge in [-0.2, -0.15) is 0 Å². The molecule has 0 fully saturated rings. The zero-order valence-electron chi connectivity index (χ0n) is 22.8. The Bertz CT molecular complexity index is 1780. The number of nitrogens with zero attached hydrogens (tertiary/aromatic N) is 3. The first-order valence-corrected chi connectivity index (χ1v) is 13.6. The van der Waals surface area contributed by atoms with Crippen LogP contribution in [0.4, 0.5) is 11.4 Å². The van der Waals surface area contributed by atoms with Gasteiger partial charge in [-0.15, -0.1) is 0 Å². The van der Waals surface area contributed by atoms with Crippen molar-refractivity contribution in [3.05, 3.63) is 121 Å². The van der Waals surface area contributed by atoms with E-state index in [2.05, 4.69) is 152 Å². The second-order valence-electron chi connectivity index (χ2n) is 11.3. The SMILES string of the molecule is Cc1nc2c(-c3cc(-c4ccccc4)cc(-c4ccccc4)c3)ccc3c2n1-c1ccccc1N3C(C)(C)C. The van der Waals surface area contributed by atoms with E-state index in [1.165, 1.54) is 50.4 Å². The number of aromatic nitrogens is 2. The van der Waals surface area contributed by atoms with Crippen LogP contribution in [0.3, 0.4) is 0 Å². The first-order chi connectivity index (χ1) is 18.9. The highest BCUT2D eigenvalue weighted by atomic mass is 15.3. The van der Waals surface area contributed by atoms with E-state index in [0.717, 1.165) is 16.9 Å². The zero-order chi connectivity index (χ0) is 26.7. The van der Waals surface area contributed by atoms with E-state index >= 15 is 0 Å². The number of rotatable bonds is 3. The lowest BCUT2D eigenvalue weighted by molar-refractivity contribution is 0.558. The monoisotopic (exact) mass is 505 g/mol. The molecule has 39 heavy (non-hydrogen) atoms. The Hall–Kier alpha value is -4.63. The lowest BCUT2D eigenvalue weighted by Crippen LogP contribution is -2.39. The van der Waals surface area contributed by atoms with Gasteiger partial charge in [0.2, 0.25) is 0 Å². The summed E-state index contributed by atoms with van der Waals surface area (Å²) >= 11 is 0. The molecule has 7 rings (SSSR count). The lowest BCUT2D eigenvalue weighted by Gasteiger charge is -2.42. The van der Waals surface area contributed by atoms with Crippen molar-refractivity contribution < 1.29 is 0 Å². The minimum absolute atomic E-state index is 0.0956. The summed E-state index contributed by atoms with van der Waals surface area (Å²) < 4.78 is 2.34. The maximum absolute atomic E-state index is 5.22. The van der Waals surface area contributed by atoms with E-state index in [4.69, 9.17) is 4.98 Å². The minimum atomic E-state index is -0.0956. The molecule has 5 aromatic carbocycles. The summed E-state index contributed by atoms with van der Waals surface area (Å²) in [5, 5.41) is 0. The predicted molar refractivity (Wildman–Crippen MR) is 164 cm³/mol. The Balaban J connectivity index is 1.52. The zero-order valence-corrected chi connectivity index (χ0v) is 22.8. The predicted octanol–water partition coefficient (Wildman–Crippen LogP) is 9.58. The molecule has 0 N–H and O–H groups in total. The molecule has 2 heterocycles. The Morgan fingerprint density at radius 3 is 1.67 bits per heavy atom. The maximum atomic E-state index is 5.22. The molecule has 3 heteroatoms. The number of anilines is 2. The smallest absolute Gasteiger partial charge is 0.111 e. The second-order valence-corrected chi connectivity index (χ2v) is 11.3. The number of para-hydroxylation sites is 2. The van der Waals surface area contributed by atoms with Crippen molar-refractivity contribution in [1.82, 2.24) is 9.55 Å². The first-order valence-electron chi connectivity index (χ1n) is 13.6. The van der Waals surface area contributed by atoms with Gasteiger partial charge in [-0.05, 0) is 98.0 Å².